The average Bonchev–Trinajstić information content (AvgIpc) is 2.71. The number of hydrogen-bond donors (Lipinski definition) is 2. The van der Waals surface area contributed by atoms with Crippen LogP contribution in [-0.2, 0) is 17.7 Å². The lowest BCUT2D eigenvalue weighted by Gasteiger charge is -2.32. The molecule has 8 heteroatoms. The summed E-state index contributed by atoms with van der Waals surface area (Å²) < 4.78 is 18.8. The summed E-state index contributed by atoms with van der Waals surface area (Å²) in [5.41, 5.74) is 2.04. The van der Waals surface area contributed by atoms with E-state index in [2.05, 4.69) is 44.6 Å². The Morgan fingerprint density at radius 3 is 2.83 bits per heavy atom. The molecule has 1 unspecified atom stereocenters. The van der Waals surface area contributed by atoms with Gasteiger partial charge in [0.2, 0.25) is 0 Å². The summed E-state index contributed by atoms with van der Waals surface area (Å²) in [4.78, 5) is 11.1. The van der Waals surface area contributed by atoms with Crippen LogP contribution in [0.5, 0.6) is 0 Å². The summed E-state index contributed by atoms with van der Waals surface area (Å²) in [6, 6.07) is 10.8. The Kier molecular flexibility index (Phi) is 9.59. The number of morpholine rings is 1. The number of pyridine rings is 1. The second kappa shape index (κ2) is 11.9. The molecule has 1 aliphatic heterocycles. The zero-order chi connectivity index (χ0) is 19.8. The van der Waals surface area contributed by atoms with E-state index >= 15 is 0 Å². The largest absolute Gasteiger partial charge is 0.375 e. The standard InChI is InChI=1S/C21H28FN5O.HI/c1-16-15-27(10-11-28-16)20-7-6-18(13-25-20)14-26-21(23-2)24-9-8-17-4-3-5-19(22)12-17;/h3-7,12-13,16H,8-11,14-15H2,1-2H3,(H2,23,24,26);1H. The smallest absolute Gasteiger partial charge is 0.191 e. The molecular weight excluding hydrogens is 484 g/mol. The quantitative estimate of drug-likeness (QED) is 0.354. The molecule has 0 amide bonds. The van der Waals surface area contributed by atoms with Crippen LogP contribution in [0.25, 0.3) is 0 Å². The van der Waals surface area contributed by atoms with Gasteiger partial charge in [0, 0.05) is 39.4 Å². The highest BCUT2D eigenvalue weighted by Gasteiger charge is 2.17. The van der Waals surface area contributed by atoms with Gasteiger partial charge in [0.15, 0.2) is 5.96 Å². The molecule has 1 atom stereocenters. The van der Waals surface area contributed by atoms with Crippen LogP contribution in [0.1, 0.15) is 18.1 Å². The number of anilines is 1. The van der Waals surface area contributed by atoms with Crippen LogP contribution in [0.4, 0.5) is 10.2 Å². The van der Waals surface area contributed by atoms with Crippen LogP contribution in [0.15, 0.2) is 47.6 Å². The van der Waals surface area contributed by atoms with Crippen molar-refractivity contribution >= 4 is 35.8 Å². The van der Waals surface area contributed by atoms with Gasteiger partial charge in [-0.3, -0.25) is 4.99 Å². The third-order valence-electron chi connectivity index (χ3n) is 4.65. The molecule has 1 fully saturated rings. The summed E-state index contributed by atoms with van der Waals surface area (Å²) >= 11 is 0. The van der Waals surface area contributed by atoms with Gasteiger partial charge in [-0.05, 0) is 42.7 Å². The first-order valence-electron chi connectivity index (χ1n) is 9.64. The summed E-state index contributed by atoms with van der Waals surface area (Å²) in [5.74, 6) is 1.49. The van der Waals surface area contributed by atoms with Crippen molar-refractivity contribution in [2.24, 2.45) is 4.99 Å². The number of halogens is 2. The Morgan fingerprint density at radius 1 is 1.28 bits per heavy atom. The Bertz CT molecular complexity index is 787. The minimum Gasteiger partial charge on any atom is -0.375 e. The highest BCUT2D eigenvalue weighted by atomic mass is 127. The van der Waals surface area contributed by atoms with E-state index in [-0.39, 0.29) is 35.9 Å². The molecule has 0 spiro atoms. The zero-order valence-corrected chi connectivity index (χ0v) is 19.2. The number of hydrogen-bond acceptors (Lipinski definition) is 4. The topological polar surface area (TPSA) is 61.8 Å². The number of guanidine groups is 1. The molecule has 1 saturated heterocycles. The highest BCUT2D eigenvalue weighted by Crippen LogP contribution is 2.15. The van der Waals surface area contributed by atoms with Crippen molar-refractivity contribution in [3.63, 3.8) is 0 Å². The number of ether oxygens (including phenoxy) is 1. The predicted octanol–water partition coefficient (Wildman–Crippen LogP) is 2.97. The number of aromatic nitrogens is 1. The zero-order valence-electron chi connectivity index (χ0n) is 16.9. The first kappa shape index (κ1) is 23.3. The molecule has 1 aromatic heterocycles. The maximum Gasteiger partial charge on any atom is 0.191 e. The van der Waals surface area contributed by atoms with Crippen LogP contribution in [0, 0.1) is 5.82 Å². The summed E-state index contributed by atoms with van der Waals surface area (Å²) in [7, 11) is 1.73. The molecule has 6 nitrogen and oxygen atoms in total. The Hall–Kier alpha value is -1.94. The van der Waals surface area contributed by atoms with E-state index < -0.39 is 0 Å². The van der Waals surface area contributed by atoms with Gasteiger partial charge in [-0.15, -0.1) is 24.0 Å². The van der Waals surface area contributed by atoms with Crippen molar-refractivity contribution in [1.82, 2.24) is 15.6 Å². The minimum absolute atomic E-state index is 0. The molecular formula is C21H29FIN5O. The van der Waals surface area contributed by atoms with E-state index in [4.69, 9.17) is 4.74 Å². The first-order chi connectivity index (χ1) is 13.6. The van der Waals surface area contributed by atoms with Gasteiger partial charge in [0.25, 0.3) is 0 Å². The molecule has 0 bridgehead atoms. The van der Waals surface area contributed by atoms with Gasteiger partial charge in [-0.25, -0.2) is 9.37 Å². The average molecular weight is 513 g/mol. The minimum atomic E-state index is -0.206. The molecule has 2 N–H and O–H groups in total. The summed E-state index contributed by atoms with van der Waals surface area (Å²) in [6.07, 6.45) is 2.86. The number of nitrogens with zero attached hydrogens (tertiary/aromatic N) is 3. The monoisotopic (exact) mass is 513 g/mol. The lowest BCUT2D eigenvalue weighted by molar-refractivity contribution is 0.0529. The predicted molar refractivity (Wildman–Crippen MR) is 126 cm³/mol. The molecule has 158 valence electrons. The van der Waals surface area contributed by atoms with Crippen molar-refractivity contribution in [3.05, 3.63) is 59.5 Å². The van der Waals surface area contributed by atoms with Crippen LogP contribution in [0.2, 0.25) is 0 Å². The molecule has 0 radical (unpaired) electrons. The summed E-state index contributed by atoms with van der Waals surface area (Å²) in [5, 5.41) is 6.53. The number of nitrogens with one attached hydrogen (secondary N) is 2. The second-order valence-corrected chi connectivity index (χ2v) is 6.88. The third-order valence-corrected chi connectivity index (χ3v) is 4.65. The Morgan fingerprint density at radius 2 is 2.14 bits per heavy atom. The van der Waals surface area contributed by atoms with Crippen LogP contribution in [-0.4, -0.2) is 50.3 Å². The summed E-state index contributed by atoms with van der Waals surface area (Å²) in [6.45, 7) is 5.87. The molecule has 29 heavy (non-hydrogen) atoms. The lowest BCUT2D eigenvalue weighted by Crippen LogP contribution is -2.41. The van der Waals surface area contributed by atoms with Crippen molar-refractivity contribution in [1.29, 1.82) is 0 Å². The van der Waals surface area contributed by atoms with E-state index in [1.165, 1.54) is 6.07 Å². The second-order valence-electron chi connectivity index (χ2n) is 6.88. The van der Waals surface area contributed by atoms with Crippen molar-refractivity contribution in [2.45, 2.75) is 26.0 Å². The van der Waals surface area contributed by atoms with E-state index in [9.17, 15) is 4.39 Å². The maximum atomic E-state index is 13.2. The fraction of sp³-hybridized carbons (Fsp3) is 0.429. The molecule has 2 aromatic rings. The van der Waals surface area contributed by atoms with E-state index in [1.54, 1.807) is 19.2 Å². The van der Waals surface area contributed by atoms with E-state index in [1.807, 2.05) is 12.3 Å². The van der Waals surface area contributed by atoms with Crippen molar-refractivity contribution in [3.8, 4) is 0 Å². The van der Waals surface area contributed by atoms with Gasteiger partial charge in [-0.2, -0.15) is 0 Å². The normalized spacial score (nSPS) is 16.9. The number of benzene rings is 1. The number of rotatable bonds is 6. The number of aliphatic imine (C=N–C) groups is 1. The van der Waals surface area contributed by atoms with E-state index in [0.717, 1.165) is 43.1 Å². The van der Waals surface area contributed by atoms with Gasteiger partial charge >= 0.3 is 0 Å². The Balaban J connectivity index is 0.00000300. The van der Waals surface area contributed by atoms with Crippen molar-refractivity contribution in [2.75, 3.05) is 38.2 Å². The van der Waals surface area contributed by atoms with Gasteiger partial charge in [0.05, 0.1) is 12.7 Å². The fourth-order valence-electron chi connectivity index (χ4n) is 3.16. The molecule has 0 aliphatic carbocycles. The molecule has 1 aliphatic rings. The van der Waals surface area contributed by atoms with Gasteiger partial charge < -0.3 is 20.3 Å². The van der Waals surface area contributed by atoms with Crippen LogP contribution >= 0.6 is 24.0 Å². The highest BCUT2D eigenvalue weighted by molar-refractivity contribution is 14.0. The molecule has 2 heterocycles. The van der Waals surface area contributed by atoms with Gasteiger partial charge in [-0.1, -0.05) is 18.2 Å². The SMILES string of the molecule is CN=C(NCCc1cccc(F)c1)NCc1ccc(N2CCOC(C)C2)nc1.I. The van der Waals surface area contributed by atoms with Crippen LogP contribution < -0.4 is 15.5 Å². The first-order valence-corrected chi connectivity index (χ1v) is 9.64. The molecule has 3 rings (SSSR count). The van der Waals surface area contributed by atoms with Gasteiger partial charge in [0.1, 0.15) is 11.6 Å². The van der Waals surface area contributed by atoms with Crippen molar-refractivity contribution < 1.29 is 9.13 Å². The lowest BCUT2D eigenvalue weighted by atomic mass is 10.1. The maximum absolute atomic E-state index is 13.2. The third kappa shape index (κ3) is 7.43. The fourth-order valence-corrected chi connectivity index (χ4v) is 3.16. The Labute approximate surface area is 189 Å². The molecule has 1 aromatic carbocycles. The van der Waals surface area contributed by atoms with E-state index in [0.29, 0.717) is 19.0 Å². The van der Waals surface area contributed by atoms with Crippen LogP contribution in [0.3, 0.4) is 0 Å². The molecule has 0 saturated carbocycles.